The molecule has 2 rings (SSSR count). The maximum Gasteiger partial charge on any atom is 0.123 e. The van der Waals surface area contributed by atoms with Gasteiger partial charge in [-0.25, -0.2) is 0 Å². The van der Waals surface area contributed by atoms with Crippen molar-refractivity contribution in [1.29, 1.82) is 0 Å². The van der Waals surface area contributed by atoms with Crippen LogP contribution in [0.15, 0.2) is 30.3 Å². The Bertz CT molecular complexity index is 547. The van der Waals surface area contributed by atoms with E-state index in [0.717, 1.165) is 12.3 Å². The summed E-state index contributed by atoms with van der Waals surface area (Å²) >= 11 is 1.84. The summed E-state index contributed by atoms with van der Waals surface area (Å²) in [5.41, 5.74) is 2.43. The van der Waals surface area contributed by atoms with Gasteiger partial charge >= 0.3 is 0 Å². The van der Waals surface area contributed by atoms with Crippen molar-refractivity contribution in [2.45, 2.75) is 33.4 Å². The lowest BCUT2D eigenvalue weighted by Crippen LogP contribution is -2.18. The van der Waals surface area contributed by atoms with Crippen LogP contribution >= 0.6 is 11.3 Å². The molecule has 1 unspecified atom stereocenters. The van der Waals surface area contributed by atoms with Gasteiger partial charge in [-0.3, -0.25) is 0 Å². The van der Waals surface area contributed by atoms with Crippen molar-refractivity contribution in [2.24, 2.45) is 0 Å². The second-order valence-electron chi connectivity index (χ2n) is 4.86. The first-order valence-electron chi connectivity index (χ1n) is 6.53. The summed E-state index contributed by atoms with van der Waals surface area (Å²) in [6.45, 7) is 7.30. The number of aryl methyl sites for hydroxylation is 2. The molecule has 1 aromatic heterocycles. The second-order valence-corrected chi connectivity index (χ2v) is 6.23. The average Bonchev–Trinajstić information content (AvgIpc) is 2.81. The van der Waals surface area contributed by atoms with E-state index in [1.54, 1.807) is 7.11 Å². The third-order valence-corrected chi connectivity index (χ3v) is 4.23. The van der Waals surface area contributed by atoms with Crippen LogP contribution in [0.3, 0.4) is 0 Å². The van der Waals surface area contributed by atoms with Crippen molar-refractivity contribution in [3.8, 4) is 5.75 Å². The van der Waals surface area contributed by atoms with Gasteiger partial charge in [0.25, 0.3) is 0 Å². The van der Waals surface area contributed by atoms with Crippen LogP contribution in [-0.4, -0.2) is 7.11 Å². The molecule has 0 aliphatic rings. The van der Waals surface area contributed by atoms with Gasteiger partial charge < -0.3 is 10.1 Å². The number of rotatable bonds is 5. The molecular formula is C16H21NOS. The molecule has 0 amide bonds. The van der Waals surface area contributed by atoms with E-state index in [0.29, 0.717) is 0 Å². The van der Waals surface area contributed by atoms with Gasteiger partial charge in [0.1, 0.15) is 5.75 Å². The van der Waals surface area contributed by atoms with Gasteiger partial charge in [-0.05, 0) is 44.5 Å². The molecule has 1 heterocycles. The quantitative estimate of drug-likeness (QED) is 0.882. The first-order chi connectivity index (χ1) is 9.10. The third-order valence-electron chi connectivity index (χ3n) is 3.23. The molecule has 0 bridgehead atoms. The van der Waals surface area contributed by atoms with Crippen LogP contribution in [-0.2, 0) is 6.54 Å². The molecule has 0 saturated heterocycles. The molecule has 102 valence electrons. The zero-order chi connectivity index (χ0) is 13.8. The van der Waals surface area contributed by atoms with Gasteiger partial charge in [0.05, 0.1) is 7.11 Å². The highest BCUT2D eigenvalue weighted by Gasteiger charge is 2.11. The number of ether oxygens (including phenoxy) is 1. The van der Waals surface area contributed by atoms with Crippen molar-refractivity contribution in [1.82, 2.24) is 5.32 Å². The second kappa shape index (κ2) is 6.22. The molecule has 0 spiro atoms. The number of nitrogens with one attached hydrogen (secondary N) is 1. The summed E-state index contributed by atoms with van der Waals surface area (Å²) in [5, 5.41) is 3.55. The lowest BCUT2D eigenvalue weighted by Gasteiger charge is -2.17. The minimum absolute atomic E-state index is 0.276. The highest BCUT2D eigenvalue weighted by atomic mass is 32.1. The Kier molecular flexibility index (Phi) is 4.61. The van der Waals surface area contributed by atoms with Gasteiger partial charge in [0.15, 0.2) is 0 Å². The fourth-order valence-electron chi connectivity index (χ4n) is 2.12. The average molecular weight is 275 g/mol. The normalized spacial score (nSPS) is 12.4. The van der Waals surface area contributed by atoms with Gasteiger partial charge in [0, 0.05) is 27.9 Å². The predicted molar refractivity (Wildman–Crippen MR) is 82.0 cm³/mol. The maximum absolute atomic E-state index is 5.47. The fourth-order valence-corrected chi connectivity index (χ4v) is 2.96. The maximum atomic E-state index is 5.47. The van der Waals surface area contributed by atoms with E-state index in [1.807, 2.05) is 11.3 Å². The third kappa shape index (κ3) is 3.58. The Morgan fingerprint density at radius 2 is 2.00 bits per heavy atom. The topological polar surface area (TPSA) is 21.3 Å². The predicted octanol–water partition coefficient (Wildman–Crippen LogP) is 4.22. The van der Waals surface area contributed by atoms with E-state index in [1.165, 1.54) is 20.9 Å². The molecular weight excluding hydrogens is 254 g/mol. The van der Waals surface area contributed by atoms with Crippen molar-refractivity contribution < 1.29 is 4.74 Å². The van der Waals surface area contributed by atoms with E-state index < -0.39 is 0 Å². The largest absolute Gasteiger partial charge is 0.496 e. The first-order valence-corrected chi connectivity index (χ1v) is 7.35. The zero-order valence-electron chi connectivity index (χ0n) is 12.0. The number of methoxy groups -OCH3 is 1. The van der Waals surface area contributed by atoms with Gasteiger partial charge in [0.2, 0.25) is 0 Å². The highest BCUT2D eigenvalue weighted by Crippen LogP contribution is 2.26. The number of hydrogen-bond donors (Lipinski definition) is 1. The molecule has 0 aliphatic carbocycles. The van der Waals surface area contributed by atoms with E-state index in [4.69, 9.17) is 4.74 Å². The molecule has 3 heteroatoms. The van der Waals surface area contributed by atoms with Crippen LogP contribution < -0.4 is 10.1 Å². The minimum atomic E-state index is 0.276. The summed E-state index contributed by atoms with van der Waals surface area (Å²) in [6, 6.07) is 11.0. The van der Waals surface area contributed by atoms with E-state index in [2.05, 4.69) is 56.4 Å². The number of benzene rings is 1. The monoisotopic (exact) mass is 275 g/mol. The molecule has 1 aromatic carbocycles. The van der Waals surface area contributed by atoms with Gasteiger partial charge in [-0.1, -0.05) is 12.1 Å². The number of hydrogen-bond acceptors (Lipinski definition) is 3. The van der Waals surface area contributed by atoms with Crippen LogP contribution in [0, 0.1) is 13.8 Å². The van der Waals surface area contributed by atoms with Crippen molar-refractivity contribution in [3.05, 3.63) is 51.2 Å². The Labute approximate surface area is 119 Å². The van der Waals surface area contributed by atoms with Crippen LogP contribution in [0.25, 0.3) is 0 Å². The Hall–Kier alpha value is -1.32. The molecule has 2 nitrogen and oxygen atoms in total. The lowest BCUT2D eigenvalue weighted by atomic mass is 10.0. The summed E-state index contributed by atoms with van der Waals surface area (Å²) in [5.74, 6) is 0.961. The molecule has 0 fully saturated rings. The van der Waals surface area contributed by atoms with Gasteiger partial charge in [-0.2, -0.15) is 0 Å². The molecule has 2 aromatic rings. The van der Waals surface area contributed by atoms with E-state index in [9.17, 15) is 0 Å². The molecule has 0 radical (unpaired) electrons. The van der Waals surface area contributed by atoms with Crippen LogP contribution in [0.4, 0.5) is 0 Å². The molecule has 0 saturated carbocycles. The van der Waals surface area contributed by atoms with Crippen molar-refractivity contribution in [2.75, 3.05) is 7.11 Å². The molecule has 19 heavy (non-hydrogen) atoms. The van der Waals surface area contributed by atoms with E-state index >= 15 is 0 Å². The standard InChI is InChI=1S/C16H21NOS/c1-11-5-8-15(16(9-11)18-4)13(3)17-10-14-7-6-12(2)19-14/h5-9,13,17H,10H2,1-4H3. The Morgan fingerprint density at radius 1 is 1.21 bits per heavy atom. The van der Waals surface area contributed by atoms with Crippen LogP contribution in [0.2, 0.25) is 0 Å². The summed E-state index contributed by atoms with van der Waals surface area (Å²) in [6.07, 6.45) is 0. The molecule has 0 aliphatic heterocycles. The highest BCUT2D eigenvalue weighted by molar-refractivity contribution is 7.11. The van der Waals surface area contributed by atoms with E-state index in [-0.39, 0.29) is 6.04 Å². The first kappa shape index (κ1) is 14.1. The summed E-state index contributed by atoms with van der Waals surface area (Å²) in [4.78, 5) is 2.73. The number of thiophene rings is 1. The Morgan fingerprint density at radius 3 is 2.63 bits per heavy atom. The zero-order valence-corrected chi connectivity index (χ0v) is 12.8. The summed E-state index contributed by atoms with van der Waals surface area (Å²) < 4.78 is 5.47. The minimum Gasteiger partial charge on any atom is -0.496 e. The summed E-state index contributed by atoms with van der Waals surface area (Å²) in [7, 11) is 1.73. The van der Waals surface area contributed by atoms with Crippen LogP contribution in [0.5, 0.6) is 5.75 Å². The fraction of sp³-hybridized carbons (Fsp3) is 0.375. The lowest BCUT2D eigenvalue weighted by molar-refractivity contribution is 0.401. The molecule has 1 atom stereocenters. The van der Waals surface area contributed by atoms with Crippen molar-refractivity contribution in [3.63, 3.8) is 0 Å². The van der Waals surface area contributed by atoms with Crippen molar-refractivity contribution >= 4 is 11.3 Å². The SMILES string of the molecule is COc1cc(C)ccc1C(C)NCc1ccc(C)s1. The van der Waals surface area contributed by atoms with Gasteiger partial charge in [-0.15, -0.1) is 11.3 Å². The molecule has 1 N–H and O–H groups in total. The Balaban J connectivity index is 2.05. The van der Waals surface area contributed by atoms with Crippen LogP contribution in [0.1, 0.15) is 33.8 Å². The smallest absolute Gasteiger partial charge is 0.123 e.